The minimum Gasteiger partial charge on any atom is -0.355 e. The number of nitrogens with zero attached hydrogens (tertiary/aromatic N) is 4. The van der Waals surface area contributed by atoms with Crippen molar-refractivity contribution in [2.75, 3.05) is 38.1 Å². The van der Waals surface area contributed by atoms with Gasteiger partial charge in [-0.3, -0.25) is 4.79 Å². The number of amides is 1. The van der Waals surface area contributed by atoms with Crippen LogP contribution in [0.2, 0.25) is 0 Å². The smallest absolute Gasteiger partial charge is 0.274 e. The van der Waals surface area contributed by atoms with Crippen molar-refractivity contribution in [3.63, 3.8) is 0 Å². The number of piperidine rings is 1. The molecule has 2 aliphatic heterocycles. The van der Waals surface area contributed by atoms with E-state index in [0.29, 0.717) is 11.7 Å². The number of rotatable bonds is 3. The van der Waals surface area contributed by atoms with Crippen LogP contribution in [-0.2, 0) is 0 Å². The van der Waals surface area contributed by atoms with Gasteiger partial charge in [-0.15, -0.1) is 10.2 Å². The van der Waals surface area contributed by atoms with E-state index in [0.717, 1.165) is 44.8 Å². The molecule has 3 heterocycles. The highest BCUT2D eigenvalue weighted by atomic mass is 16.2. The number of likely N-dealkylation sites (tertiary alicyclic amines) is 1. The topological polar surface area (TPSA) is 61.4 Å². The minimum absolute atomic E-state index is 0.00424. The molecule has 114 valence electrons. The zero-order valence-corrected chi connectivity index (χ0v) is 12.6. The number of likely N-dealkylation sites (N-methyl/N-ethyl adjacent to an activating group) is 1. The predicted octanol–water partition coefficient (Wildman–Crippen LogP) is 0.901. The van der Waals surface area contributed by atoms with Crippen molar-refractivity contribution in [1.29, 1.82) is 0 Å². The predicted molar refractivity (Wildman–Crippen MR) is 81.5 cm³/mol. The van der Waals surface area contributed by atoms with E-state index in [9.17, 15) is 4.79 Å². The third kappa shape index (κ3) is 3.15. The van der Waals surface area contributed by atoms with E-state index in [1.54, 1.807) is 0 Å². The highest BCUT2D eigenvalue weighted by Crippen LogP contribution is 2.18. The third-order valence-corrected chi connectivity index (χ3v) is 4.42. The highest BCUT2D eigenvalue weighted by molar-refractivity contribution is 5.92. The van der Waals surface area contributed by atoms with Crippen LogP contribution >= 0.6 is 0 Å². The molecule has 6 nitrogen and oxygen atoms in total. The second-order valence-electron chi connectivity index (χ2n) is 5.85. The van der Waals surface area contributed by atoms with Gasteiger partial charge in [0, 0.05) is 32.2 Å². The van der Waals surface area contributed by atoms with Gasteiger partial charge in [0.05, 0.1) is 0 Å². The molecular formula is C15H23N5O. The van der Waals surface area contributed by atoms with Gasteiger partial charge in [0.25, 0.3) is 5.91 Å². The first-order chi connectivity index (χ1) is 10.3. The van der Waals surface area contributed by atoms with E-state index in [-0.39, 0.29) is 5.91 Å². The molecule has 2 saturated heterocycles. The summed E-state index contributed by atoms with van der Waals surface area (Å²) in [6, 6.07) is 4.12. The van der Waals surface area contributed by atoms with Crippen LogP contribution in [0.15, 0.2) is 12.1 Å². The summed E-state index contributed by atoms with van der Waals surface area (Å²) in [5.41, 5.74) is 0.453. The number of carbonyl (C=O) groups excluding carboxylic acids is 1. The molecule has 21 heavy (non-hydrogen) atoms. The number of carbonyl (C=O) groups is 1. The van der Waals surface area contributed by atoms with E-state index in [2.05, 4.69) is 20.4 Å². The first-order valence-corrected chi connectivity index (χ1v) is 7.83. The van der Waals surface area contributed by atoms with Crippen molar-refractivity contribution in [3.05, 3.63) is 17.8 Å². The molecule has 2 fully saturated rings. The Labute approximate surface area is 125 Å². The fourth-order valence-corrected chi connectivity index (χ4v) is 3.11. The van der Waals surface area contributed by atoms with Gasteiger partial charge < -0.3 is 15.1 Å². The molecule has 0 spiro atoms. The normalized spacial score (nSPS) is 22.6. The molecule has 1 amide bonds. The van der Waals surface area contributed by atoms with Crippen molar-refractivity contribution >= 4 is 11.7 Å². The lowest BCUT2D eigenvalue weighted by molar-refractivity contribution is 0.0691. The van der Waals surface area contributed by atoms with Crippen molar-refractivity contribution in [2.24, 2.45) is 0 Å². The van der Waals surface area contributed by atoms with Gasteiger partial charge in [0.15, 0.2) is 11.5 Å². The summed E-state index contributed by atoms with van der Waals surface area (Å²) in [4.78, 5) is 16.6. The second-order valence-corrected chi connectivity index (χ2v) is 5.85. The van der Waals surface area contributed by atoms with Crippen LogP contribution < -0.4 is 10.2 Å². The zero-order chi connectivity index (χ0) is 14.7. The van der Waals surface area contributed by atoms with E-state index in [1.165, 1.54) is 12.8 Å². The third-order valence-electron chi connectivity index (χ3n) is 4.42. The molecular weight excluding hydrogens is 266 g/mol. The van der Waals surface area contributed by atoms with E-state index in [1.807, 2.05) is 24.1 Å². The average molecular weight is 289 g/mol. The van der Waals surface area contributed by atoms with Crippen molar-refractivity contribution in [2.45, 2.75) is 31.7 Å². The maximum Gasteiger partial charge on any atom is 0.274 e. The number of hydrogen-bond donors (Lipinski definition) is 1. The lowest BCUT2D eigenvalue weighted by atomic mass is 10.1. The first kappa shape index (κ1) is 14.3. The Bertz CT molecular complexity index is 483. The molecule has 1 aromatic heterocycles. The van der Waals surface area contributed by atoms with Crippen LogP contribution in [0.1, 0.15) is 36.2 Å². The summed E-state index contributed by atoms with van der Waals surface area (Å²) < 4.78 is 0. The Balaban J connectivity index is 1.66. The maximum atomic E-state index is 12.5. The second kappa shape index (κ2) is 6.39. The van der Waals surface area contributed by atoms with Crippen LogP contribution in [0.5, 0.6) is 0 Å². The van der Waals surface area contributed by atoms with Crippen LogP contribution in [0.25, 0.3) is 0 Å². The summed E-state index contributed by atoms with van der Waals surface area (Å²) >= 11 is 0. The van der Waals surface area contributed by atoms with Gasteiger partial charge in [0.1, 0.15) is 0 Å². The Morgan fingerprint density at radius 2 is 2.00 bits per heavy atom. The van der Waals surface area contributed by atoms with E-state index in [4.69, 9.17) is 0 Å². The lowest BCUT2D eigenvalue weighted by Gasteiger charge is -2.32. The Hall–Kier alpha value is -1.69. The van der Waals surface area contributed by atoms with Gasteiger partial charge in [-0.25, -0.2) is 0 Å². The number of anilines is 1. The highest BCUT2D eigenvalue weighted by Gasteiger charge is 2.24. The van der Waals surface area contributed by atoms with E-state index >= 15 is 0 Å². The Morgan fingerprint density at radius 1 is 1.19 bits per heavy atom. The molecule has 6 heteroatoms. The molecule has 1 atom stereocenters. The Kier molecular flexibility index (Phi) is 4.34. The number of aromatic nitrogens is 2. The molecule has 0 aromatic carbocycles. The molecule has 2 aliphatic rings. The Morgan fingerprint density at radius 3 is 2.67 bits per heavy atom. The van der Waals surface area contributed by atoms with Crippen LogP contribution in [0, 0.1) is 0 Å². The standard InChI is InChI=1S/C15H23N5O/c1-16-12-5-4-10-20(11-12)15(21)13-6-7-14(18-17-13)19-8-2-3-9-19/h6-7,12,16H,2-5,8-11H2,1H3. The monoisotopic (exact) mass is 289 g/mol. The van der Waals surface area contributed by atoms with E-state index < -0.39 is 0 Å². The molecule has 3 rings (SSSR count). The van der Waals surface area contributed by atoms with Crippen LogP contribution in [0.4, 0.5) is 5.82 Å². The maximum absolute atomic E-state index is 12.5. The van der Waals surface area contributed by atoms with Gasteiger partial charge in [-0.2, -0.15) is 0 Å². The quantitative estimate of drug-likeness (QED) is 0.896. The average Bonchev–Trinajstić information content (AvgIpc) is 3.09. The largest absolute Gasteiger partial charge is 0.355 e. The minimum atomic E-state index is -0.00424. The van der Waals surface area contributed by atoms with Gasteiger partial charge in [-0.1, -0.05) is 0 Å². The molecule has 1 unspecified atom stereocenters. The van der Waals surface area contributed by atoms with Crippen molar-refractivity contribution < 1.29 is 4.79 Å². The van der Waals surface area contributed by atoms with Crippen LogP contribution in [-0.4, -0.2) is 60.3 Å². The number of hydrogen-bond acceptors (Lipinski definition) is 5. The van der Waals surface area contributed by atoms with Crippen LogP contribution in [0.3, 0.4) is 0 Å². The summed E-state index contributed by atoms with van der Waals surface area (Å²) in [7, 11) is 1.95. The summed E-state index contributed by atoms with van der Waals surface area (Å²) in [5.74, 6) is 0.881. The molecule has 0 radical (unpaired) electrons. The molecule has 1 N–H and O–H groups in total. The van der Waals surface area contributed by atoms with Crippen molar-refractivity contribution in [1.82, 2.24) is 20.4 Å². The molecule has 0 saturated carbocycles. The zero-order valence-electron chi connectivity index (χ0n) is 12.6. The fourth-order valence-electron chi connectivity index (χ4n) is 3.11. The van der Waals surface area contributed by atoms with Gasteiger partial charge in [-0.05, 0) is 44.9 Å². The SMILES string of the molecule is CNC1CCCN(C(=O)c2ccc(N3CCCC3)nn2)C1. The van der Waals surface area contributed by atoms with Gasteiger partial charge >= 0.3 is 0 Å². The molecule has 1 aromatic rings. The molecule has 0 bridgehead atoms. The lowest BCUT2D eigenvalue weighted by Crippen LogP contribution is -2.47. The number of nitrogens with one attached hydrogen (secondary N) is 1. The van der Waals surface area contributed by atoms with Crippen molar-refractivity contribution in [3.8, 4) is 0 Å². The van der Waals surface area contributed by atoms with Gasteiger partial charge in [0.2, 0.25) is 0 Å². The summed E-state index contributed by atoms with van der Waals surface area (Å²) in [6.07, 6.45) is 4.58. The molecule has 0 aliphatic carbocycles. The fraction of sp³-hybridized carbons (Fsp3) is 0.667. The first-order valence-electron chi connectivity index (χ1n) is 7.83. The summed E-state index contributed by atoms with van der Waals surface area (Å²) in [6.45, 7) is 3.65. The summed E-state index contributed by atoms with van der Waals surface area (Å²) in [5, 5.41) is 11.6.